The molecule has 4 nitrogen and oxygen atoms in total. The van der Waals surface area contributed by atoms with E-state index in [4.69, 9.17) is 9.47 Å². The highest BCUT2D eigenvalue weighted by Crippen LogP contribution is 2.25. The van der Waals surface area contributed by atoms with Crippen molar-refractivity contribution in [3.05, 3.63) is 23.8 Å². The molecule has 0 bridgehead atoms. The zero-order chi connectivity index (χ0) is 13.8. The summed E-state index contributed by atoms with van der Waals surface area (Å²) in [7, 11) is 3.12. The van der Waals surface area contributed by atoms with E-state index >= 15 is 0 Å². The highest BCUT2D eigenvalue weighted by Gasteiger charge is 2.21. The molecule has 0 aliphatic carbocycles. The first kappa shape index (κ1) is 14.4. The van der Waals surface area contributed by atoms with Crippen LogP contribution in [0.4, 0.5) is 0 Å². The van der Waals surface area contributed by atoms with Gasteiger partial charge in [-0.1, -0.05) is 6.92 Å². The van der Waals surface area contributed by atoms with Crippen molar-refractivity contribution in [3.63, 3.8) is 0 Å². The molecule has 1 aromatic rings. The van der Waals surface area contributed by atoms with Crippen molar-refractivity contribution < 1.29 is 14.3 Å². The number of benzene rings is 1. The number of carbonyl (C=O) groups is 1. The normalized spacial score (nSPS) is 10.9. The molecule has 1 N–H and O–H groups in total. The summed E-state index contributed by atoms with van der Waals surface area (Å²) >= 11 is 0. The quantitative estimate of drug-likeness (QED) is 0.875. The molecule has 0 heterocycles. The van der Waals surface area contributed by atoms with Gasteiger partial charge >= 0.3 is 0 Å². The molecule has 0 saturated heterocycles. The minimum Gasteiger partial charge on any atom is -0.497 e. The van der Waals surface area contributed by atoms with E-state index < -0.39 is 0 Å². The summed E-state index contributed by atoms with van der Waals surface area (Å²) in [4.78, 5) is 12.2. The van der Waals surface area contributed by atoms with E-state index in [1.54, 1.807) is 25.3 Å². The van der Waals surface area contributed by atoms with Gasteiger partial charge in [0.25, 0.3) is 5.91 Å². The third kappa shape index (κ3) is 3.39. The molecule has 1 aromatic carbocycles. The van der Waals surface area contributed by atoms with Gasteiger partial charge in [0, 0.05) is 11.6 Å². The third-order valence-corrected chi connectivity index (χ3v) is 2.99. The second-order valence-corrected chi connectivity index (χ2v) is 4.76. The molecule has 0 radical (unpaired) electrons. The molecule has 0 aromatic heterocycles. The summed E-state index contributed by atoms with van der Waals surface area (Å²) in [5.74, 6) is 1.04. The van der Waals surface area contributed by atoms with Crippen LogP contribution < -0.4 is 14.8 Å². The molecule has 0 aliphatic heterocycles. The van der Waals surface area contributed by atoms with Crippen LogP contribution in [0.25, 0.3) is 0 Å². The number of carbonyl (C=O) groups excluding carboxylic acids is 1. The lowest BCUT2D eigenvalue weighted by Crippen LogP contribution is -2.42. The van der Waals surface area contributed by atoms with Crippen molar-refractivity contribution >= 4 is 5.91 Å². The molecule has 0 fully saturated rings. The van der Waals surface area contributed by atoms with E-state index in [-0.39, 0.29) is 11.4 Å². The van der Waals surface area contributed by atoms with Crippen LogP contribution in [0.1, 0.15) is 37.6 Å². The lowest BCUT2D eigenvalue weighted by molar-refractivity contribution is 0.0908. The third-order valence-electron chi connectivity index (χ3n) is 2.99. The van der Waals surface area contributed by atoms with Gasteiger partial charge in [-0.3, -0.25) is 4.79 Å². The van der Waals surface area contributed by atoms with Gasteiger partial charge < -0.3 is 14.8 Å². The fourth-order valence-electron chi connectivity index (χ4n) is 1.45. The molecule has 1 rings (SSSR count). The second kappa shape index (κ2) is 5.76. The summed E-state index contributed by atoms with van der Waals surface area (Å²) in [6.07, 6.45) is 0.858. The predicted octanol–water partition coefficient (Wildman–Crippen LogP) is 2.62. The van der Waals surface area contributed by atoms with Gasteiger partial charge in [-0.25, -0.2) is 0 Å². The minimum absolute atomic E-state index is 0.138. The Morgan fingerprint density at radius 3 is 2.44 bits per heavy atom. The van der Waals surface area contributed by atoms with Gasteiger partial charge in [0.15, 0.2) is 0 Å². The molecule has 100 valence electrons. The Morgan fingerprint density at radius 2 is 1.94 bits per heavy atom. The number of rotatable bonds is 5. The van der Waals surface area contributed by atoms with E-state index in [0.29, 0.717) is 17.1 Å². The van der Waals surface area contributed by atoms with Crippen LogP contribution in [0.3, 0.4) is 0 Å². The fraction of sp³-hybridized carbons (Fsp3) is 0.500. The monoisotopic (exact) mass is 251 g/mol. The molecule has 4 heteroatoms. The molecule has 0 saturated carbocycles. The summed E-state index contributed by atoms with van der Waals surface area (Å²) in [5.41, 5.74) is 0.280. The molecular weight excluding hydrogens is 230 g/mol. The van der Waals surface area contributed by atoms with Gasteiger partial charge in [-0.05, 0) is 32.4 Å². The summed E-state index contributed by atoms with van der Waals surface area (Å²) < 4.78 is 10.3. The highest BCUT2D eigenvalue weighted by molar-refractivity contribution is 5.97. The molecule has 1 amide bonds. The van der Waals surface area contributed by atoms with Crippen LogP contribution in [0.5, 0.6) is 11.5 Å². The summed E-state index contributed by atoms with van der Waals surface area (Å²) in [5, 5.41) is 2.97. The van der Waals surface area contributed by atoms with Crippen molar-refractivity contribution in [1.29, 1.82) is 0 Å². The Balaban J connectivity index is 2.99. The number of amides is 1. The van der Waals surface area contributed by atoms with Crippen molar-refractivity contribution in [2.75, 3.05) is 14.2 Å². The standard InChI is InChI=1S/C14H21NO3/c1-6-14(2,3)15-13(16)11-8-7-10(17-4)9-12(11)18-5/h7-9H,6H2,1-5H3,(H,15,16). The summed E-state index contributed by atoms with van der Waals surface area (Å²) in [6.45, 7) is 6.01. The number of nitrogens with one attached hydrogen (secondary N) is 1. The molecule has 0 aliphatic rings. The first-order valence-electron chi connectivity index (χ1n) is 5.98. The molecular formula is C14H21NO3. The average Bonchev–Trinajstić information content (AvgIpc) is 2.37. The van der Waals surface area contributed by atoms with Crippen molar-refractivity contribution in [3.8, 4) is 11.5 Å². The van der Waals surface area contributed by atoms with Crippen LogP contribution in [0.2, 0.25) is 0 Å². The fourth-order valence-corrected chi connectivity index (χ4v) is 1.45. The van der Waals surface area contributed by atoms with Gasteiger partial charge in [-0.15, -0.1) is 0 Å². The Labute approximate surface area is 108 Å². The first-order chi connectivity index (χ1) is 8.43. The Hall–Kier alpha value is -1.71. The van der Waals surface area contributed by atoms with Gasteiger partial charge in [-0.2, -0.15) is 0 Å². The van der Waals surface area contributed by atoms with Crippen LogP contribution in [-0.4, -0.2) is 25.7 Å². The number of hydrogen-bond donors (Lipinski definition) is 1. The number of ether oxygens (including phenoxy) is 2. The largest absolute Gasteiger partial charge is 0.497 e. The van der Waals surface area contributed by atoms with E-state index in [1.165, 1.54) is 7.11 Å². The maximum Gasteiger partial charge on any atom is 0.255 e. The maximum atomic E-state index is 12.2. The molecule has 0 atom stereocenters. The molecule has 0 unspecified atom stereocenters. The van der Waals surface area contributed by atoms with Gasteiger partial charge in [0.2, 0.25) is 0 Å². The highest BCUT2D eigenvalue weighted by atomic mass is 16.5. The zero-order valence-corrected chi connectivity index (χ0v) is 11.7. The lowest BCUT2D eigenvalue weighted by atomic mass is 10.0. The van der Waals surface area contributed by atoms with Crippen LogP contribution in [0, 0.1) is 0 Å². The Bertz CT molecular complexity index is 427. The maximum absolute atomic E-state index is 12.2. The average molecular weight is 251 g/mol. The number of hydrogen-bond acceptors (Lipinski definition) is 3. The Kier molecular flexibility index (Phi) is 4.59. The van der Waals surface area contributed by atoms with E-state index in [0.717, 1.165) is 6.42 Å². The predicted molar refractivity (Wildman–Crippen MR) is 71.4 cm³/mol. The van der Waals surface area contributed by atoms with Crippen LogP contribution in [-0.2, 0) is 0 Å². The lowest BCUT2D eigenvalue weighted by Gasteiger charge is -2.25. The van der Waals surface area contributed by atoms with Crippen molar-refractivity contribution in [1.82, 2.24) is 5.32 Å². The van der Waals surface area contributed by atoms with E-state index in [2.05, 4.69) is 5.32 Å². The van der Waals surface area contributed by atoms with Crippen LogP contribution >= 0.6 is 0 Å². The van der Waals surface area contributed by atoms with Crippen molar-refractivity contribution in [2.45, 2.75) is 32.7 Å². The van der Waals surface area contributed by atoms with Gasteiger partial charge in [0.1, 0.15) is 11.5 Å². The Morgan fingerprint density at radius 1 is 1.28 bits per heavy atom. The van der Waals surface area contributed by atoms with Gasteiger partial charge in [0.05, 0.1) is 19.8 Å². The smallest absolute Gasteiger partial charge is 0.255 e. The second-order valence-electron chi connectivity index (χ2n) is 4.76. The molecule has 18 heavy (non-hydrogen) atoms. The van der Waals surface area contributed by atoms with E-state index in [9.17, 15) is 4.79 Å². The first-order valence-corrected chi connectivity index (χ1v) is 5.98. The van der Waals surface area contributed by atoms with Crippen LogP contribution in [0.15, 0.2) is 18.2 Å². The topological polar surface area (TPSA) is 47.6 Å². The van der Waals surface area contributed by atoms with E-state index in [1.807, 2.05) is 20.8 Å². The van der Waals surface area contributed by atoms with Crippen molar-refractivity contribution in [2.24, 2.45) is 0 Å². The minimum atomic E-state index is -0.234. The zero-order valence-electron chi connectivity index (χ0n) is 11.7. The molecule has 0 spiro atoms. The SMILES string of the molecule is CCC(C)(C)NC(=O)c1ccc(OC)cc1OC. The summed E-state index contributed by atoms with van der Waals surface area (Å²) in [6, 6.07) is 5.16. The number of methoxy groups -OCH3 is 2.